The molecular weight excluding hydrogens is 332 g/mol. The van der Waals surface area contributed by atoms with Gasteiger partial charge in [-0.15, -0.1) is 0 Å². The molecule has 19 heavy (non-hydrogen) atoms. The lowest BCUT2D eigenvalue weighted by atomic mass is 10.2. The maximum Gasteiger partial charge on any atom is 0.239 e. The summed E-state index contributed by atoms with van der Waals surface area (Å²) in [5.41, 5.74) is 3.36. The second-order valence-electron chi connectivity index (χ2n) is 3.46. The number of benzene rings is 1. The Morgan fingerprint density at radius 2 is 2.21 bits per heavy atom. The van der Waals surface area contributed by atoms with E-state index in [0.29, 0.717) is 26.6 Å². The third kappa shape index (κ3) is 3.12. The molecule has 0 unspecified atom stereocenters. The quantitative estimate of drug-likeness (QED) is 0.587. The lowest BCUT2D eigenvalue weighted by Gasteiger charge is -2.10. The number of halogens is 2. The fourth-order valence-corrected chi connectivity index (χ4v) is 1.83. The molecule has 8 heteroatoms. The Morgan fingerprint density at radius 3 is 2.89 bits per heavy atom. The normalized spacial score (nSPS) is 9.79. The van der Waals surface area contributed by atoms with Crippen molar-refractivity contribution in [3.8, 4) is 6.07 Å². The molecule has 1 heterocycles. The van der Waals surface area contributed by atoms with Crippen LogP contribution in [0.15, 0.2) is 28.9 Å². The molecule has 2 aromatic rings. The van der Waals surface area contributed by atoms with Gasteiger partial charge < -0.3 is 5.32 Å². The van der Waals surface area contributed by atoms with E-state index in [-0.39, 0.29) is 5.95 Å². The van der Waals surface area contributed by atoms with Gasteiger partial charge in [0, 0.05) is 11.2 Å². The average molecular weight is 340 g/mol. The van der Waals surface area contributed by atoms with Crippen molar-refractivity contribution in [1.82, 2.24) is 9.97 Å². The summed E-state index contributed by atoms with van der Waals surface area (Å²) in [5.74, 6) is 5.98. The first-order valence-electron chi connectivity index (χ1n) is 5.10. The first-order valence-corrected chi connectivity index (χ1v) is 6.27. The topological polar surface area (TPSA) is 99.7 Å². The summed E-state index contributed by atoms with van der Waals surface area (Å²) in [5, 5.41) is 12.6. The minimum atomic E-state index is 0.256. The molecule has 0 fully saturated rings. The van der Waals surface area contributed by atoms with Crippen LogP contribution in [-0.2, 0) is 0 Å². The van der Waals surface area contributed by atoms with Crippen LogP contribution in [0.4, 0.5) is 17.5 Å². The summed E-state index contributed by atoms with van der Waals surface area (Å²) in [6, 6.07) is 6.99. The molecular formula is C11H8BrClN6. The highest BCUT2D eigenvalue weighted by Crippen LogP contribution is 2.27. The van der Waals surface area contributed by atoms with Crippen molar-refractivity contribution in [3.63, 3.8) is 0 Å². The molecule has 0 spiro atoms. The number of hydrogen-bond acceptors (Lipinski definition) is 6. The molecule has 0 saturated heterocycles. The lowest BCUT2D eigenvalue weighted by Crippen LogP contribution is -2.11. The monoisotopic (exact) mass is 338 g/mol. The van der Waals surface area contributed by atoms with E-state index >= 15 is 0 Å². The first kappa shape index (κ1) is 13.5. The van der Waals surface area contributed by atoms with Crippen LogP contribution >= 0.6 is 27.5 Å². The highest BCUT2D eigenvalue weighted by Gasteiger charge is 2.08. The van der Waals surface area contributed by atoms with Gasteiger partial charge in [-0.05, 0) is 34.1 Å². The predicted molar refractivity (Wildman–Crippen MR) is 77.0 cm³/mol. The van der Waals surface area contributed by atoms with Crippen LogP contribution in [0.25, 0.3) is 0 Å². The van der Waals surface area contributed by atoms with E-state index in [2.05, 4.69) is 42.7 Å². The second kappa shape index (κ2) is 5.84. The van der Waals surface area contributed by atoms with Gasteiger partial charge in [-0.2, -0.15) is 10.2 Å². The molecule has 0 aliphatic carbocycles. The number of hydrazine groups is 1. The zero-order valence-electron chi connectivity index (χ0n) is 9.48. The number of nitrogens with one attached hydrogen (secondary N) is 2. The van der Waals surface area contributed by atoms with Crippen molar-refractivity contribution >= 4 is 45.0 Å². The van der Waals surface area contributed by atoms with Gasteiger partial charge in [0.1, 0.15) is 11.9 Å². The molecule has 4 N–H and O–H groups in total. The number of aromatic nitrogens is 2. The summed E-state index contributed by atoms with van der Waals surface area (Å²) in [6.07, 6.45) is 1.54. The number of nitrogens with zero attached hydrogens (tertiary/aromatic N) is 3. The van der Waals surface area contributed by atoms with E-state index in [1.807, 2.05) is 0 Å². The molecule has 0 saturated carbocycles. The first-order chi connectivity index (χ1) is 9.13. The molecule has 2 rings (SSSR count). The zero-order chi connectivity index (χ0) is 13.8. The standard InChI is InChI=1S/C11H8BrClN6/c12-8-5-16-11(19-15)18-10(8)17-9-3-7(13)2-1-6(9)4-14/h1-3,5H,15H2,(H2,16,17,18,19). The van der Waals surface area contributed by atoms with E-state index in [4.69, 9.17) is 22.7 Å². The zero-order valence-corrected chi connectivity index (χ0v) is 11.8. The molecule has 0 amide bonds. The highest BCUT2D eigenvalue weighted by atomic mass is 79.9. The largest absolute Gasteiger partial charge is 0.338 e. The summed E-state index contributed by atoms with van der Waals surface area (Å²) in [6.45, 7) is 0. The van der Waals surface area contributed by atoms with Gasteiger partial charge in [0.05, 0.1) is 15.7 Å². The smallest absolute Gasteiger partial charge is 0.239 e. The maximum absolute atomic E-state index is 9.05. The van der Waals surface area contributed by atoms with Crippen LogP contribution in [0.3, 0.4) is 0 Å². The van der Waals surface area contributed by atoms with Gasteiger partial charge in [-0.1, -0.05) is 11.6 Å². The van der Waals surface area contributed by atoms with Crippen LogP contribution in [0.5, 0.6) is 0 Å². The molecule has 0 bridgehead atoms. The fourth-order valence-electron chi connectivity index (χ4n) is 1.37. The van der Waals surface area contributed by atoms with Crippen LogP contribution in [0.2, 0.25) is 5.02 Å². The number of nitriles is 1. The van der Waals surface area contributed by atoms with Gasteiger partial charge >= 0.3 is 0 Å². The summed E-state index contributed by atoms with van der Waals surface area (Å²) >= 11 is 9.22. The summed E-state index contributed by atoms with van der Waals surface area (Å²) < 4.78 is 0.635. The highest BCUT2D eigenvalue weighted by molar-refractivity contribution is 9.10. The van der Waals surface area contributed by atoms with Crippen molar-refractivity contribution in [3.05, 3.63) is 39.5 Å². The average Bonchev–Trinajstić information content (AvgIpc) is 2.41. The van der Waals surface area contributed by atoms with Crippen molar-refractivity contribution in [2.24, 2.45) is 5.84 Å². The Morgan fingerprint density at radius 1 is 1.42 bits per heavy atom. The van der Waals surface area contributed by atoms with Gasteiger partial charge in [-0.25, -0.2) is 10.8 Å². The van der Waals surface area contributed by atoms with Crippen LogP contribution in [0, 0.1) is 11.3 Å². The Balaban J connectivity index is 2.41. The van der Waals surface area contributed by atoms with Crippen molar-refractivity contribution in [2.75, 3.05) is 10.7 Å². The molecule has 6 nitrogen and oxygen atoms in total. The number of rotatable bonds is 3. The summed E-state index contributed by atoms with van der Waals surface area (Å²) in [4.78, 5) is 8.07. The van der Waals surface area contributed by atoms with Gasteiger partial charge in [0.25, 0.3) is 0 Å². The third-order valence-corrected chi connectivity index (χ3v) is 3.04. The van der Waals surface area contributed by atoms with E-state index in [1.165, 1.54) is 0 Å². The van der Waals surface area contributed by atoms with Crippen LogP contribution in [-0.4, -0.2) is 9.97 Å². The maximum atomic E-state index is 9.05. The Bertz CT molecular complexity index is 654. The SMILES string of the molecule is N#Cc1ccc(Cl)cc1Nc1nc(NN)ncc1Br. The second-order valence-corrected chi connectivity index (χ2v) is 4.75. The third-order valence-electron chi connectivity index (χ3n) is 2.23. The number of hydrogen-bond donors (Lipinski definition) is 3. The van der Waals surface area contributed by atoms with E-state index < -0.39 is 0 Å². The Kier molecular flexibility index (Phi) is 4.16. The minimum Gasteiger partial charge on any atom is -0.338 e. The van der Waals surface area contributed by atoms with Crippen molar-refractivity contribution in [2.45, 2.75) is 0 Å². The Hall–Kier alpha value is -1.88. The fraction of sp³-hybridized carbons (Fsp3) is 0. The van der Waals surface area contributed by atoms with Crippen molar-refractivity contribution < 1.29 is 0 Å². The van der Waals surface area contributed by atoms with E-state index in [1.54, 1.807) is 24.4 Å². The molecule has 0 aliphatic rings. The predicted octanol–water partition coefficient (Wildman–Crippen LogP) is 2.79. The van der Waals surface area contributed by atoms with Crippen LogP contribution in [0.1, 0.15) is 5.56 Å². The molecule has 0 atom stereocenters. The molecule has 0 radical (unpaired) electrons. The number of nitrogen functional groups attached to an aromatic ring is 1. The minimum absolute atomic E-state index is 0.256. The molecule has 1 aromatic carbocycles. The molecule has 0 aliphatic heterocycles. The molecule has 1 aromatic heterocycles. The van der Waals surface area contributed by atoms with E-state index in [0.717, 1.165) is 0 Å². The van der Waals surface area contributed by atoms with Gasteiger partial charge in [0.15, 0.2) is 0 Å². The van der Waals surface area contributed by atoms with Crippen molar-refractivity contribution in [1.29, 1.82) is 5.26 Å². The Labute approximate surface area is 122 Å². The molecule has 96 valence electrons. The summed E-state index contributed by atoms with van der Waals surface area (Å²) in [7, 11) is 0. The van der Waals surface area contributed by atoms with Crippen LogP contribution < -0.4 is 16.6 Å². The number of anilines is 3. The van der Waals surface area contributed by atoms with Gasteiger partial charge in [-0.3, -0.25) is 5.43 Å². The van der Waals surface area contributed by atoms with E-state index in [9.17, 15) is 0 Å². The van der Waals surface area contributed by atoms with Gasteiger partial charge in [0.2, 0.25) is 5.95 Å². The number of nitrogens with two attached hydrogens (primary N) is 1. The lowest BCUT2D eigenvalue weighted by molar-refractivity contribution is 1.11.